The smallest absolute Gasteiger partial charge is 0.319 e. The summed E-state index contributed by atoms with van der Waals surface area (Å²) in [6.45, 7) is 4.43. The van der Waals surface area contributed by atoms with Gasteiger partial charge in [0.1, 0.15) is 12.4 Å². The number of carbonyl (C=O) groups excluding carboxylic acids is 2. The number of urea groups is 1. The second-order valence-corrected chi connectivity index (χ2v) is 7.24. The Balaban J connectivity index is 1.59. The average Bonchev–Trinajstić information content (AvgIpc) is 2.77. The van der Waals surface area contributed by atoms with Gasteiger partial charge in [-0.1, -0.05) is 30.3 Å². The summed E-state index contributed by atoms with van der Waals surface area (Å²) in [5.41, 5.74) is 2.58. The van der Waals surface area contributed by atoms with Crippen LogP contribution in [0.25, 0.3) is 0 Å². The zero-order chi connectivity index (χ0) is 22.1. The summed E-state index contributed by atoms with van der Waals surface area (Å²) in [6.07, 6.45) is 1.73. The van der Waals surface area contributed by atoms with E-state index in [4.69, 9.17) is 4.74 Å². The van der Waals surface area contributed by atoms with Crippen LogP contribution in [-0.4, -0.2) is 23.0 Å². The number of ether oxygens (including phenoxy) is 1. The van der Waals surface area contributed by atoms with Gasteiger partial charge in [-0.3, -0.25) is 9.78 Å². The van der Waals surface area contributed by atoms with E-state index >= 15 is 0 Å². The number of benzene rings is 2. The average molecular weight is 418 g/mol. The highest BCUT2D eigenvalue weighted by Crippen LogP contribution is 2.17. The van der Waals surface area contributed by atoms with Crippen LogP contribution >= 0.6 is 0 Å². The molecule has 0 radical (unpaired) electrons. The lowest BCUT2D eigenvalue weighted by Gasteiger charge is -2.14. The fourth-order valence-electron chi connectivity index (χ4n) is 2.87. The van der Waals surface area contributed by atoms with Crippen molar-refractivity contribution in [2.24, 2.45) is 0 Å². The molecule has 1 heterocycles. The largest absolute Gasteiger partial charge is 0.487 e. The molecule has 1 aromatic heterocycles. The predicted octanol–water partition coefficient (Wildman–Crippen LogP) is 4.12. The van der Waals surface area contributed by atoms with Gasteiger partial charge >= 0.3 is 6.03 Å². The van der Waals surface area contributed by atoms with Crippen molar-refractivity contribution in [2.75, 3.05) is 5.32 Å². The third kappa shape index (κ3) is 6.85. The monoisotopic (exact) mass is 418 g/mol. The van der Waals surface area contributed by atoms with Gasteiger partial charge in [-0.15, -0.1) is 0 Å². The number of hydrogen-bond donors (Lipinski definition) is 3. The molecule has 0 bridgehead atoms. The summed E-state index contributed by atoms with van der Waals surface area (Å²) in [4.78, 5) is 29.0. The van der Waals surface area contributed by atoms with Gasteiger partial charge in [-0.05, 0) is 55.8 Å². The van der Waals surface area contributed by atoms with Crippen molar-refractivity contribution in [3.05, 3.63) is 89.7 Å². The normalized spacial score (nSPS) is 10.4. The number of amides is 3. The first-order valence-corrected chi connectivity index (χ1v) is 10.1. The molecule has 3 rings (SSSR count). The van der Waals surface area contributed by atoms with Crippen LogP contribution in [0.5, 0.6) is 5.75 Å². The van der Waals surface area contributed by atoms with E-state index in [2.05, 4.69) is 20.9 Å². The van der Waals surface area contributed by atoms with Crippen molar-refractivity contribution < 1.29 is 14.3 Å². The molecule has 0 atom stereocenters. The number of para-hydroxylation sites is 1. The van der Waals surface area contributed by atoms with Gasteiger partial charge in [0.15, 0.2) is 0 Å². The number of anilines is 1. The quantitative estimate of drug-likeness (QED) is 0.513. The molecule has 0 unspecified atom stereocenters. The molecule has 0 saturated carbocycles. The topological polar surface area (TPSA) is 92.4 Å². The van der Waals surface area contributed by atoms with Gasteiger partial charge in [-0.2, -0.15) is 0 Å². The van der Waals surface area contributed by atoms with Crippen molar-refractivity contribution in [3.63, 3.8) is 0 Å². The van der Waals surface area contributed by atoms with Gasteiger partial charge in [0.25, 0.3) is 5.91 Å². The lowest BCUT2D eigenvalue weighted by Crippen LogP contribution is -2.35. The molecule has 3 aromatic rings. The number of nitrogens with zero attached hydrogens (tertiary/aromatic N) is 1. The van der Waals surface area contributed by atoms with E-state index in [9.17, 15) is 9.59 Å². The SMILES string of the molecule is CC(C)NC(=O)Nc1ccccc1C(=O)NCc1cccc(OCc2ccccn2)c1. The van der Waals surface area contributed by atoms with Gasteiger partial charge in [0, 0.05) is 18.8 Å². The van der Waals surface area contributed by atoms with E-state index in [1.54, 1.807) is 30.5 Å². The van der Waals surface area contributed by atoms with Crippen LogP contribution < -0.4 is 20.7 Å². The third-order valence-electron chi connectivity index (χ3n) is 4.30. The molecule has 2 aromatic carbocycles. The Kier molecular flexibility index (Phi) is 7.59. The first kappa shape index (κ1) is 21.8. The van der Waals surface area contributed by atoms with Crippen LogP contribution in [0.1, 0.15) is 35.5 Å². The zero-order valence-electron chi connectivity index (χ0n) is 17.6. The Morgan fingerprint density at radius 1 is 1.00 bits per heavy atom. The van der Waals surface area contributed by atoms with Crippen LogP contribution in [0.4, 0.5) is 10.5 Å². The Morgan fingerprint density at radius 3 is 2.58 bits per heavy atom. The van der Waals surface area contributed by atoms with Crippen LogP contribution in [0.3, 0.4) is 0 Å². The summed E-state index contributed by atoms with van der Waals surface area (Å²) in [6, 6.07) is 19.7. The van der Waals surface area contributed by atoms with Crippen LogP contribution in [0.2, 0.25) is 0 Å². The summed E-state index contributed by atoms with van der Waals surface area (Å²) in [5, 5.41) is 8.36. The molecule has 7 nitrogen and oxygen atoms in total. The molecular formula is C24H26N4O3. The van der Waals surface area contributed by atoms with E-state index in [1.807, 2.05) is 56.3 Å². The second kappa shape index (κ2) is 10.8. The van der Waals surface area contributed by atoms with Gasteiger partial charge in [0.05, 0.1) is 16.9 Å². The summed E-state index contributed by atoms with van der Waals surface area (Å²) in [7, 11) is 0. The number of nitrogens with one attached hydrogen (secondary N) is 3. The molecule has 3 N–H and O–H groups in total. The number of carbonyl (C=O) groups is 2. The van der Waals surface area contributed by atoms with Crippen LogP contribution in [0.15, 0.2) is 72.9 Å². The van der Waals surface area contributed by atoms with Crippen molar-refractivity contribution in [3.8, 4) is 5.75 Å². The van der Waals surface area contributed by atoms with Crippen molar-refractivity contribution in [1.82, 2.24) is 15.6 Å². The molecule has 0 fully saturated rings. The minimum absolute atomic E-state index is 0.00634. The molecule has 0 saturated heterocycles. The molecular weight excluding hydrogens is 392 g/mol. The van der Waals surface area contributed by atoms with Crippen molar-refractivity contribution in [2.45, 2.75) is 33.0 Å². The Hall–Kier alpha value is -3.87. The highest BCUT2D eigenvalue weighted by molar-refractivity contribution is 6.03. The summed E-state index contributed by atoms with van der Waals surface area (Å²) in [5.74, 6) is 0.421. The molecule has 0 aliphatic rings. The fraction of sp³-hybridized carbons (Fsp3) is 0.208. The van der Waals surface area contributed by atoms with E-state index in [1.165, 1.54) is 0 Å². The summed E-state index contributed by atoms with van der Waals surface area (Å²) >= 11 is 0. The lowest BCUT2D eigenvalue weighted by molar-refractivity contribution is 0.0951. The molecule has 160 valence electrons. The minimum Gasteiger partial charge on any atom is -0.487 e. The second-order valence-electron chi connectivity index (χ2n) is 7.24. The van der Waals surface area contributed by atoms with E-state index in [0.29, 0.717) is 30.2 Å². The first-order valence-electron chi connectivity index (χ1n) is 10.1. The van der Waals surface area contributed by atoms with Crippen molar-refractivity contribution in [1.29, 1.82) is 0 Å². The zero-order valence-corrected chi connectivity index (χ0v) is 17.6. The molecule has 3 amide bonds. The van der Waals surface area contributed by atoms with Crippen molar-refractivity contribution >= 4 is 17.6 Å². The van der Waals surface area contributed by atoms with E-state index in [-0.39, 0.29) is 18.0 Å². The van der Waals surface area contributed by atoms with Crippen LogP contribution in [0, 0.1) is 0 Å². The number of rotatable bonds is 8. The standard InChI is InChI=1S/C24H26N4O3/c1-17(2)27-24(30)28-22-12-4-3-11-21(22)23(29)26-15-18-8-7-10-20(14-18)31-16-19-9-5-6-13-25-19/h3-14,17H,15-16H2,1-2H3,(H,26,29)(H2,27,28,30). The Bertz CT molecular complexity index is 1020. The summed E-state index contributed by atoms with van der Waals surface area (Å²) < 4.78 is 5.79. The number of hydrogen-bond acceptors (Lipinski definition) is 4. The molecule has 31 heavy (non-hydrogen) atoms. The maximum atomic E-state index is 12.7. The Morgan fingerprint density at radius 2 is 1.81 bits per heavy atom. The van der Waals surface area contributed by atoms with E-state index in [0.717, 1.165) is 11.3 Å². The maximum Gasteiger partial charge on any atom is 0.319 e. The van der Waals surface area contributed by atoms with Crippen LogP contribution in [-0.2, 0) is 13.2 Å². The molecule has 7 heteroatoms. The predicted molar refractivity (Wildman–Crippen MR) is 120 cm³/mol. The highest BCUT2D eigenvalue weighted by atomic mass is 16.5. The lowest BCUT2D eigenvalue weighted by atomic mass is 10.1. The van der Waals surface area contributed by atoms with Gasteiger partial charge < -0.3 is 20.7 Å². The maximum absolute atomic E-state index is 12.7. The first-order chi connectivity index (χ1) is 15.0. The third-order valence-corrected chi connectivity index (χ3v) is 4.30. The fourth-order valence-corrected chi connectivity index (χ4v) is 2.87. The van der Waals surface area contributed by atoms with Gasteiger partial charge in [-0.25, -0.2) is 4.79 Å². The molecule has 0 spiro atoms. The molecule has 0 aliphatic heterocycles. The van der Waals surface area contributed by atoms with E-state index < -0.39 is 0 Å². The Labute approximate surface area is 181 Å². The number of aromatic nitrogens is 1. The highest BCUT2D eigenvalue weighted by Gasteiger charge is 2.13. The minimum atomic E-state index is -0.354. The van der Waals surface area contributed by atoms with Gasteiger partial charge in [0.2, 0.25) is 0 Å². The molecule has 0 aliphatic carbocycles. The number of pyridine rings is 1.